The summed E-state index contributed by atoms with van der Waals surface area (Å²) in [6.45, 7) is 1.70. The largest absolute Gasteiger partial charge is 0.415 e. The number of benzene rings is 2. The van der Waals surface area contributed by atoms with Gasteiger partial charge in [-0.1, -0.05) is 36.2 Å². The van der Waals surface area contributed by atoms with Crippen LogP contribution in [-0.4, -0.2) is 39.8 Å². The van der Waals surface area contributed by atoms with Crippen LogP contribution in [0.2, 0.25) is 0 Å². The van der Waals surface area contributed by atoms with Crippen molar-refractivity contribution in [2.45, 2.75) is 25.8 Å². The number of aromatic nitrogens is 2. The molecule has 0 unspecified atom stereocenters. The molecule has 0 spiro atoms. The first kappa shape index (κ1) is 23.3. The monoisotopic (exact) mass is 476 g/mol. The minimum absolute atomic E-state index is 0.0380. The molecule has 1 aliphatic heterocycles. The van der Waals surface area contributed by atoms with Crippen molar-refractivity contribution in [2.24, 2.45) is 5.92 Å². The molecule has 2 aromatic carbocycles. The summed E-state index contributed by atoms with van der Waals surface area (Å²) in [7, 11) is 0. The molecule has 1 saturated heterocycles. The fourth-order valence-electron chi connectivity index (χ4n) is 3.83. The Balaban J connectivity index is 1.56. The van der Waals surface area contributed by atoms with Gasteiger partial charge in [0.15, 0.2) is 0 Å². The SMILES string of the molecule is CSN1CCC(C(=O)N(Cc2ccc(-c3nnc(C(F)F)o3)cc2F)c2ccccc2)CC1. The molecule has 4 rings (SSSR count). The number of carbonyl (C=O) groups excluding carboxylic acids is 1. The highest BCUT2D eigenvalue weighted by Gasteiger charge is 2.30. The van der Waals surface area contributed by atoms with E-state index in [1.54, 1.807) is 16.8 Å². The van der Waals surface area contributed by atoms with Gasteiger partial charge < -0.3 is 9.32 Å². The van der Waals surface area contributed by atoms with Crippen molar-refractivity contribution in [1.82, 2.24) is 14.5 Å². The highest BCUT2D eigenvalue weighted by Crippen LogP contribution is 2.29. The highest BCUT2D eigenvalue weighted by atomic mass is 32.2. The number of nitrogens with zero attached hydrogens (tertiary/aromatic N) is 4. The molecule has 0 N–H and O–H groups in total. The smallest absolute Gasteiger partial charge is 0.314 e. The van der Waals surface area contributed by atoms with Crippen molar-refractivity contribution >= 4 is 23.5 Å². The van der Waals surface area contributed by atoms with Crippen LogP contribution in [0.5, 0.6) is 0 Å². The Bertz CT molecular complexity index is 1090. The van der Waals surface area contributed by atoms with E-state index in [1.807, 2.05) is 36.6 Å². The molecule has 0 bridgehead atoms. The van der Waals surface area contributed by atoms with E-state index in [0.29, 0.717) is 11.3 Å². The standard InChI is InChI=1S/C23H23F3N4O2S/c1-33-29-11-9-15(10-12-29)23(31)30(18-5-3-2-4-6-18)14-17-8-7-16(13-19(17)24)21-27-28-22(32-21)20(25)26/h2-8,13,15,20H,9-12,14H2,1H3. The van der Waals surface area contributed by atoms with Gasteiger partial charge in [-0.05, 0) is 43.4 Å². The van der Waals surface area contributed by atoms with Gasteiger partial charge in [0.25, 0.3) is 5.89 Å². The Morgan fingerprint density at radius 2 is 1.91 bits per heavy atom. The molecule has 1 amide bonds. The van der Waals surface area contributed by atoms with E-state index in [-0.39, 0.29) is 29.8 Å². The summed E-state index contributed by atoms with van der Waals surface area (Å²) in [6, 6.07) is 13.4. The van der Waals surface area contributed by atoms with E-state index in [2.05, 4.69) is 14.5 Å². The number of halogens is 3. The van der Waals surface area contributed by atoms with E-state index in [9.17, 15) is 18.0 Å². The second kappa shape index (κ2) is 10.4. The molecule has 0 atom stereocenters. The molecule has 0 aliphatic carbocycles. The normalized spacial score (nSPS) is 15.2. The third-order valence-corrected chi connectivity index (χ3v) is 6.53. The van der Waals surface area contributed by atoms with E-state index < -0.39 is 18.1 Å². The third kappa shape index (κ3) is 5.39. The minimum Gasteiger partial charge on any atom is -0.415 e. The van der Waals surface area contributed by atoms with Gasteiger partial charge in [-0.15, -0.1) is 10.2 Å². The van der Waals surface area contributed by atoms with Crippen LogP contribution in [0.15, 0.2) is 52.9 Å². The van der Waals surface area contributed by atoms with Crippen molar-refractivity contribution in [2.75, 3.05) is 24.2 Å². The highest BCUT2D eigenvalue weighted by molar-refractivity contribution is 7.96. The minimum atomic E-state index is -2.90. The fourth-order valence-corrected chi connectivity index (χ4v) is 4.40. The summed E-state index contributed by atoms with van der Waals surface area (Å²) < 4.78 is 47.5. The van der Waals surface area contributed by atoms with Crippen LogP contribution in [0.25, 0.3) is 11.5 Å². The third-order valence-electron chi connectivity index (χ3n) is 5.65. The fraction of sp³-hybridized carbons (Fsp3) is 0.348. The van der Waals surface area contributed by atoms with Crippen LogP contribution >= 0.6 is 11.9 Å². The van der Waals surface area contributed by atoms with Crippen molar-refractivity contribution in [1.29, 1.82) is 0 Å². The molecule has 0 radical (unpaired) electrons. The van der Waals surface area contributed by atoms with Gasteiger partial charge in [-0.25, -0.2) is 4.39 Å². The van der Waals surface area contributed by atoms with Crippen LogP contribution in [0.3, 0.4) is 0 Å². The molecule has 1 aliphatic rings. The lowest BCUT2D eigenvalue weighted by atomic mass is 9.96. The maximum Gasteiger partial charge on any atom is 0.314 e. The van der Waals surface area contributed by atoms with Crippen LogP contribution in [-0.2, 0) is 11.3 Å². The van der Waals surface area contributed by atoms with Crippen molar-refractivity contribution in [3.05, 3.63) is 65.8 Å². The zero-order valence-corrected chi connectivity index (χ0v) is 18.8. The Morgan fingerprint density at radius 3 is 2.52 bits per heavy atom. The van der Waals surface area contributed by atoms with Crippen LogP contribution < -0.4 is 4.90 Å². The number of hydrogen-bond donors (Lipinski definition) is 0. The number of para-hydroxylation sites is 1. The molecule has 1 fully saturated rings. The predicted octanol–water partition coefficient (Wildman–Crippen LogP) is 5.34. The Kier molecular flexibility index (Phi) is 7.34. The molecule has 3 aromatic rings. The zero-order chi connectivity index (χ0) is 23.4. The van der Waals surface area contributed by atoms with E-state index >= 15 is 0 Å². The van der Waals surface area contributed by atoms with Crippen LogP contribution in [0.4, 0.5) is 18.9 Å². The zero-order valence-electron chi connectivity index (χ0n) is 18.0. The van der Waals surface area contributed by atoms with Crippen molar-refractivity contribution in [3.8, 4) is 11.5 Å². The van der Waals surface area contributed by atoms with Crippen LogP contribution in [0, 0.1) is 11.7 Å². The summed E-state index contributed by atoms with van der Waals surface area (Å²) in [4.78, 5) is 15.0. The topological polar surface area (TPSA) is 62.5 Å². The van der Waals surface area contributed by atoms with Crippen molar-refractivity contribution in [3.63, 3.8) is 0 Å². The Labute approximate surface area is 193 Å². The quantitative estimate of drug-likeness (QED) is 0.429. The molecule has 6 nitrogen and oxygen atoms in total. The number of piperidine rings is 1. The molecule has 174 valence electrons. The Morgan fingerprint density at radius 1 is 1.18 bits per heavy atom. The molecule has 10 heteroatoms. The average molecular weight is 477 g/mol. The number of anilines is 1. The predicted molar refractivity (Wildman–Crippen MR) is 120 cm³/mol. The number of carbonyl (C=O) groups is 1. The summed E-state index contributed by atoms with van der Waals surface area (Å²) in [5.41, 5.74) is 1.18. The Hall–Kier alpha value is -2.85. The molecule has 1 aromatic heterocycles. The van der Waals surface area contributed by atoms with E-state index in [1.165, 1.54) is 12.1 Å². The molecular weight excluding hydrogens is 453 g/mol. The summed E-state index contributed by atoms with van der Waals surface area (Å²) in [6.07, 6.45) is 0.610. The molecule has 2 heterocycles. The maximum atomic E-state index is 15.0. The summed E-state index contributed by atoms with van der Waals surface area (Å²) >= 11 is 1.67. The number of hydrogen-bond acceptors (Lipinski definition) is 6. The lowest BCUT2D eigenvalue weighted by Gasteiger charge is -2.33. The first-order chi connectivity index (χ1) is 16.0. The van der Waals surface area contributed by atoms with Gasteiger partial charge >= 0.3 is 6.43 Å². The number of alkyl halides is 2. The molecular formula is C23H23F3N4O2S. The second-order valence-corrected chi connectivity index (χ2v) is 8.58. The molecule has 33 heavy (non-hydrogen) atoms. The van der Waals surface area contributed by atoms with Gasteiger partial charge in [0.2, 0.25) is 11.8 Å². The lowest BCUT2D eigenvalue weighted by molar-refractivity contribution is -0.123. The van der Waals surface area contributed by atoms with E-state index in [4.69, 9.17) is 4.42 Å². The first-order valence-corrected chi connectivity index (χ1v) is 11.7. The average Bonchev–Trinajstić information content (AvgIpc) is 3.34. The van der Waals surface area contributed by atoms with Gasteiger partial charge in [-0.2, -0.15) is 8.78 Å². The first-order valence-electron chi connectivity index (χ1n) is 10.5. The van der Waals surface area contributed by atoms with Gasteiger partial charge in [0.1, 0.15) is 5.82 Å². The number of rotatable bonds is 7. The van der Waals surface area contributed by atoms with Crippen LogP contribution in [0.1, 0.15) is 30.7 Å². The van der Waals surface area contributed by atoms with Gasteiger partial charge in [-0.3, -0.25) is 9.10 Å². The second-order valence-electron chi connectivity index (χ2n) is 7.70. The number of amides is 1. The van der Waals surface area contributed by atoms with E-state index in [0.717, 1.165) is 32.0 Å². The maximum absolute atomic E-state index is 15.0. The summed E-state index contributed by atoms with van der Waals surface area (Å²) in [5, 5.41) is 6.83. The van der Waals surface area contributed by atoms with Crippen molar-refractivity contribution < 1.29 is 22.4 Å². The van der Waals surface area contributed by atoms with Gasteiger partial charge in [0, 0.05) is 35.8 Å². The molecule has 0 saturated carbocycles. The summed E-state index contributed by atoms with van der Waals surface area (Å²) in [5.74, 6) is -1.77. The van der Waals surface area contributed by atoms with Gasteiger partial charge in [0.05, 0.1) is 6.54 Å². The lowest BCUT2D eigenvalue weighted by Crippen LogP contribution is -2.41.